The fraction of sp³-hybridized carbons (Fsp3) is 0.300. The van der Waals surface area contributed by atoms with Crippen molar-refractivity contribution in [2.75, 3.05) is 18.9 Å². The molecule has 0 aliphatic carbocycles. The molecule has 1 aromatic rings. The summed E-state index contributed by atoms with van der Waals surface area (Å²) in [5, 5.41) is 19.8. The number of aliphatic hydroxyl groups excluding tert-OH is 2. The minimum atomic E-state index is -0.782. The first kappa shape index (κ1) is 12.4. The molecule has 0 unspecified atom stereocenters. The molecule has 0 aliphatic rings. The molecule has 16 heavy (non-hydrogen) atoms. The van der Waals surface area contributed by atoms with E-state index in [0.29, 0.717) is 0 Å². The highest BCUT2D eigenvalue weighted by Crippen LogP contribution is 2.13. The molecule has 88 valence electrons. The molecule has 0 radical (unpaired) electrons. The van der Waals surface area contributed by atoms with Gasteiger partial charge in [0.15, 0.2) is 0 Å². The Bertz CT molecular complexity index is 380. The lowest BCUT2D eigenvalue weighted by Gasteiger charge is -2.14. The number of hydrogen-bond donors (Lipinski definition) is 4. The first-order valence-electron chi connectivity index (χ1n) is 4.66. The van der Waals surface area contributed by atoms with Crippen LogP contribution in [0.5, 0.6) is 0 Å². The van der Waals surface area contributed by atoms with Gasteiger partial charge in [0.2, 0.25) is 0 Å². The van der Waals surface area contributed by atoms with Gasteiger partial charge in [-0.2, -0.15) is 0 Å². The molecule has 0 fully saturated rings. The standard InChI is InChI=1S/C10H13FN2O3/c11-6-1-2-9(12)8(3-6)10(16)13-7(4-14)5-15/h1-3,7,14-15H,4-5,12H2,(H,13,16). The van der Waals surface area contributed by atoms with E-state index >= 15 is 0 Å². The predicted octanol–water partition coefficient (Wildman–Crippen LogP) is -0.509. The zero-order valence-electron chi connectivity index (χ0n) is 8.48. The highest BCUT2D eigenvalue weighted by Gasteiger charge is 2.14. The van der Waals surface area contributed by atoms with Crippen LogP contribution in [0.4, 0.5) is 10.1 Å². The maximum absolute atomic E-state index is 12.9. The van der Waals surface area contributed by atoms with Gasteiger partial charge in [0.1, 0.15) is 5.82 Å². The van der Waals surface area contributed by atoms with Crippen LogP contribution in [-0.4, -0.2) is 35.4 Å². The molecule has 0 saturated carbocycles. The Morgan fingerprint density at radius 3 is 2.62 bits per heavy atom. The normalized spacial score (nSPS) is 10.5. The zero-order chi connectivity index (χ0) is 12.1. The van der Waals surface area contributed by atoms with Gasteiger partial charge in [0, 0.05) is 5.69 Å². The second-order valence-corrected chi connectivity index (χ2v) is 3.27. The summed E-state index contributed by atoms with van der Waals surface area (Å²) in [6, 6.07) is 2.63. The quantitative estimate of drug-likeness (QED) is 0.522. The number of halogens is 1. The molecule has 6 heteroatoms. The van der Waals surface area contributed by atoms with E-state index in [4.69, 9.17) is 15.9 Å². The van der Waals surface area contributed by atoms with Crippen LogP contribution >= 0.6 is 0 Å². The smallest absolute Gasteiger partial charge is 0.253 e. The number of carbonyl (C=O) groups is 1. The molecule has 0 bridgehead atoms. The average Bonchev–Trinajstić information content (AvgIpc) is 2.28. The van der Waals surface area contributed by atoms with Crippen LogP contribution in [0.3, 0.4) is 0 Å². The fourth-order valence-corrected chi connectivity index (χ4v) is 1.14. The van der Waals surface area contributed by atoms with E-state index in [0.717, 1.165) is 12.1 Å². The van der Waals surface area contributed by atoms with Gasteiger partial charge in [-0.05, 0) is 18.2 Å². The van der Waals surface area contributed by atoms with Crippen molar-refractivity contribution in [3.05, 3.63) is 29.6 Å². The first-order valence-corrected chi connectivity index (χ1v) is 4.66. The Kier molecular flexibility index (Phi) is 4.21. The van der Waals surface area contributed by atoms with E-state index in [1.165, 1.54) is 6.07 Å². The molecule has 0 heterocycles. The summed E-state index contributed by atoms with van der Waals surface area (Å²) in [6.45, 7) is -0.811. The molecular weight excluding hydrogens is 215 g/mol. The molecule has 1 aromatic carbocycles. The monoisotopic (exact) mass is 228 g/mol. The lowest BCUT2D eigenvalue weighted by atomic mass is 10.1. The van der Waals surface area contributed by atoms with Crippen LogP contribution in [0, 0.1) is 5.82 Å². The van der Waals surface area contributed by atoms with Crippen molar-refractivity contribution >= 4 is 11.6 Å². The van der Waals surface area contributed by atoms with Crippen molar-refractivity contribution in [2.24, 2.45) is 0 Å². The number of aliphatic hydroxyl groups is 2. The van der Waals surface area contributed by atoms with Gasteiger partial charge in [0.05, 0.1) is 24.8 Å². The third-order valence-electron chi connectivity index (χ3n) is 2.04. The maximum atomic E-state index is 12.9. The number of nitrogens with one attached hydrogen (secondary N) is 1. The number of amides is 1. The topological polar surface area (TPSA) is 95.6 Å². The van der Waals surface area contributed by atoms with Crippen molar-refractivity contribution in [2.45, 2.75) is 6.04 Å². The Morgan fingerprint density at radius 1 is 1.44 bits per heavy atom. The van der Waals surface area contributed by atoms with E-state index in [2.05, 4.69) is 5.32 Å². The van der Waals surface area contributed by atoms with E-state index in [1.54, 1.807) is 0 Å². The minimum absolute atomic E-state index is 0.0214. The molecule has 5 N–H and O–H groups in total. The van der Waals surface area contributed by atoms with Crippen molar-refractivity contribution in [3.8, 4) is 0 Å². The van der Waals surface area contributed by atoms with Gasteiger partial charge >= 0.3 is 0 Å². The van der Waals surface area contributed by atoms with Crippen LogP contribution in [0.15, 0.2) is 18.2 Å². The number of hydrogen-bond acceptors (Lipinski definition) is 4. The van der Waals surface area contributed by atoms with Crippen molar-refractivity contribution in [1.29, 1.82) is 0 Å². The number of anilines is 1. The van der Waals surface area contributed by atoms with E-state index in [1.807, 2.05) is 0 Å². The summed E-state index contributed by atoms with van der Waals surface area (Å²) >= 11 is 0. The largest absolute Gasteiger partial charge is 0.398 e. The van der Waals surface area contributed by atoms with Crippen molar-refractivity contribution in [1.82, 2.24) is 5.32 Å². The van der Waals surface area contributed by atoms with Gasteiger partial charge in [-0.1, -0.05) is 0 Å². The number of nitrogen functional groups attached to an aromatic ring is 1. The second-order valence-electron chi connectivity index (χ2n) is 3.27. The Morgan fingerprint density at radius 2 is 2.06 bits per heavy atom. The van der Waals surface area contributed by atoms with Crippen LogP contribution in [-0.2, 0) is 0 Å². The van der Waals surface area contributed by atoms with Gasteiger partial charge in [-0.15, -0.1) is 0 Å². The Hall–Kier alpha value is -1.66. The van der Waals surface area contributed by atoms with Gasteiger partial charge in [0.25, 0.3) is 5.91 Å². The van der Waals surface area contributed by atoms with E-state index < -0.39 is 31.0 Å². The molecule has 0 aromatic heterocycles. The van der Waals surface area contributed by atoms with Crippen LogP contribution in [0.25, 0.3) is 0 Å². The third-order valence-corrected chi connectivity index (χ3v) is 2.04. The summed E-state index contributed by atoms with van der Waals surface area (Å²) in [5.41, 5.74) is 5.61. The Labute approximate surface area is 91.7 Å². The molecular formula is C10H13FN2O3. The van der Waals surface area contributed by atoms with Crippen LogP contribution in [0.2, 0.25) is 0 Å². The molecule has 1 rings (SSSR count). The van der Waals surface area contributed by atoms with Crippen molar-refractivity contribution < 1.29 is 19.4 Å². The summed E-state index contributed by atoms with van der Waals surface area (Å²) in [6.07, 6.45) is 0. The number of carbonyl (C=O) groups excluding carboxylic acids is 1. The highest BCUT2D eigenvalue weighted by molar-refractivity contribution is 5.99. The number of benzene rings is 1. The second kappa shape index (κ2) is 5.43. The summed E-state index contributed by atoms with van der Waals surface area (Å²) in [7, 11) is 0. The zero-order valence-corrected chi connectivity index (χ0v) is 8.48. The molecule has 0 atom stereocenters. The van der Waals surface area contributed by atoms with E-state index in [9.17, 15) is 9.18 Å². The third kappa shape index (κ3) is 2.91. The highest BCUT2D eigenvalue weighted by atomic mass is 19.1. The van der Waals surface area contributed by atoms with Gasteiger partial charge < -0.3 is 21.3 Å². The SMILES string of the molecule is Nc1ccc(F)cc1C(=O)NC(CO)CO. The first-order chi connectivity index (χ1) is 7.58. The molecule has 0 aliphatic heterocycles. The van der Waals surface area contributed by atoms with E-state index in [-0.39, 0.29) is 11.3 Å². The molecule has 0 spiro atoms. The fourth-order valence-electron chi connectivity index (χ4n) is 1.14. The summed E-state index contributed by atoms with van der Waals surface area (Å²) in [5.74, 6) is -1.21. The lowest BCUT2D eigenvalue weighted by molar-refractivity contribution is 0.0880. The molecule has 5 nitrogen and oxygen atoms in total. The van der Waals surface area contributed by atoms with Crippen LogP contribution in [0.1, 0.15) is 10.4 Å². The van der Waals surface area contributed by atoms with Crippen LogP contribution < -0.4 is 11.1 Å². The predicted molar refractivity (Wildman–Crippen MR) is 56.2 cm³/mol. The molecule has 1 amide bonds. The summed E-state index contributed by atoms with van der Waals surface area (Å²) < 4.78 is 12.9. The Balaban J connectivity index is 2.83. The van der Waals surface area contributed by atoms with Crippen molar-refractivity contribution in [3.63, 3.8) is 0 Å². The van der Waals surface area contributed by atoms with Gasteiger partial charge in [-0.3, -0.25) is 4.79 Å². The number of nitrogens with two attached hydrogens (primary N) is 1. The lowest BCUT2D eigenvalue weighted by Crippen LogP contribution is -2.40. The maximum Gasteiger partial charge on any atom is 0.253 e. The number of rotatable bonds is 4. The summed E-state index contributed by atoms with van der Waals surface area (Å²) in [4.78, 5) is 11.6. The molecule has 0 saturated heterocycles. The minimum Gasteiger partial charge on any atom is -0.398 e. The average molecular weight is 228 g/mol. The van der Waals surface area contributed by atoms with Gasteiger partial charge in [-0.25, -0.2) is 4.39 Å².